The Bertz CT molecular complexity index is 1010. The number of amides is 2. The summed E-state index contributed by atoms with van der Waals surface area (Å²) in [5, 5.41) is 4.55. The van der Waals surface area contributed by atoms with Crippen LogP contribution in [0.25, 0.3) is 11.0 Å². The van der Waals surface area contributed by atoms with Gasteiger partial charge in [-0.05, 0) is 18.6 Å². The van der Waals surface area contributed by atoms with E-state index in [1.165, 1.54) is 0 Å². The van der Waals surface area contributed by atoms with Gasteiger partial charge in [0, 0.05) is 46.5 Å². The fourth-order valence-corrected chi connectivity index (χ4v) is 4.11. The molecule has 2 aliphatic heterocycles. The normalized spacial score (nSPS) is 20.4. The van der Waals surface area contributed by atoms with E-state index < -0.39 is 0 Å². The van der Waals surface area contributed by atoms with E-state index in [-0.39, 0.29) is 12.1 Å². The molecule has 4 heterocycles. The van der Waals surface area contributed by atoms with Crippen molar-refractivity contribution in [1.82, 2.24) is 24.2 Å². The second-order valence-electron chi connectivity index (χ2n) is 7.38. The van der Waals surface area contributed by atoms with Crippen LogP contribution in [-0.2, 0) is 7.05 Å². The Kier molecular flexibility index (Phi) is 3.60. The molecule has 2 aromatic heterocycles. The summed E-state index contributed by atoms with van der Waals surface area (Å²) in [6.07, 6.45) is 4.81. The Morgan fingerprint density at radius 3 is 2.74 bits per heavy atom. The third-order valence-corrected chi connectivity index (χ3v) is 5.70. The van der Waals surface area contributed by atoms with Gasteiger partial charge in [-0.1, -0.05) is 12.1 Å². The Balaban J connectivity index is 1.35. The second kappa shape index (κ2) is 6.00. The SMILES string of the molecule is CN1CCN(c2cnn(C3CCN(c4nc5ccccc5n4C)C3)c2)C1=O. The lowest BCUT2D eigenvalue weighted by molar-refractivity contribution is 0.229. The lowest BCUT2D eigenvalue weighted by atomic mass is 10.3. The molecular formula is C19H23N7O. The minimum absolute atomic E-state index is 0.0438. The maximum atomic E-state index is 12.2. The third-order valence-electron chi connectivity index (χ3n) is 5.70. The van der Waals surface area contributed by atoms with E-state index in [4.69, 9.17) is 4.98 Å². The van der Waals surface area contributed by atoms with Gasteiger partial charge in [-0.3, -0.25) is 9.58 Å². The lowest BCUT2D eigenvalue weighted by Crippen LogP contribution is -2.28. The molecule has 8 nitrogen and oxygen atoms in total. The maximum absolute atomic E-state index is 12.2. The number of urea groups is 1. The smallest absolute Gasteiger partial charge is 0.324 e. The molecule has 1 unspecified atom stereocenters. The zero-order valence-electron chi connectivity index (χ0n) is 15.6. The zero-order chi connectivity index (χ0) is 18.5. The molecule has 1 aromatic carbocycles. The first-order chi connectivity index (χ1) is 13.1. The number of hydrogen-bond donors (Lipinski definition) is 0. The number of likely N-dealkylation sites (N-methyl/N-ethyl adjacent to an activating group) is 1. The molecule has 2 fully saturated rings. The van der Waals surface area contributed by atoms with E-state index in [0.29, 0.717) is 0 Å². The van der Waals surface area contributed by atoms with Gasteiger partial charge >= 0.3 is 6.03 Å². The Morgan fingerprint density at radius 1 is 1.11 bits per heavy atom. The Labute approximate surface area is 157 Å². The van der Waals surface area contributed by atoms with Crippen LogP contribution in [0.15, 0.2) is 36.7 Å². The van der Waals surface area contributed by atoms with Gasteiger partial charge < -0.3 is 14.4 Å². The fraction of sp³-hybridized carbons (Fsp3) is 0.421. The summed E-state index contributed by atoms with van der Waals surface area (Å²) < 4.78 is 4.16. The average molecular weight is 365 g/mol. The van der Waals surface area contributed by atoms with Crippen molar-refractivity contribution in [1.29, 1.82) is 0 Å². The van der Waals surface area contributed by atoms with Crippen molar-refractivity contribution in [3.8, 4) is 0 Å². The third kappa shape index (κ3) is 2.55. The highest BCUT2D eigenvalue weighted by molar-refractivity contribution is 5.93. The van der Waals surface area contributed by atoms with Crippen LogP contribution >= 0.6 is 0 Å². The summed E-state index contributed by atoms with van der Waals surface area (Å²) in [4.78, 5) is 22.9. The van der Waals surface area contributed by atoms with Gasteiger partial charge in [-0.2, -0.15) is 5.10 Å². The van der Waals surface area contributed by atoms with Crippen molar-refractivity contribution >= 4 is 28.7 Å². The number of benzene rings is 1. The molecular weight excluding hydrogens is 342 g/mol. The van der Waals surface area contributed by atoms with Gasteiger partial charge in [0.25, 0.3) is 0 Å². The Morgan fingerprint density at radius 2 is 1.96 bits per heavy atom. The van der Waals surface area contributed by atoms with Crippen molar-refractivity contribution in [3.05, 3.63) is 36.7 Å². The number of anilines is 2. The standard InChI is InChI=1S/C19H23N7O/c1-22-9-10-25(19(22)27)15-11-20-26(13-15)14-7-8-24(12-14)18-21-16-5-3-4-6-17(16)23(18)2/h3-6,11,13-14H,7-10,12H2,1-2H3. The van der Waals surface area contributed by atoms with Crippen LogP contribution in [0.3, 0.4) is 0 Å². The molecule has 0 radical (unpaired) electrons. The largest absolute Gasteiger partial charge is 0.340 e. The first-order valence-electron chi connectivity index (χ1n) is 9.35. The summed E-state index contributed by atoms with van der Waals surface area (Å²) in [5.74, 6) is 1.00. The topological polar surface area (TPSA) is 62.4 Å². The van der Waals surface area contributed by atoms with Crippen LogP contribution in [0.4, 0.5) is 16.4 Å². The first-order valence-corrected chi connectivity index (χ1v) is 9.35. The van der Waals surface area contributed by atoms with Crippen molar-refractivity contribution in [3.63, 3.8) is 0 Å². The van der Waals surface area contributed by atoms with Crippen molar-refractivity contribution < 1.29 is 4.79 Å². The van der Waals surface area contributed by atoms with Crippen LogP contribution in [-0.4, -0.2) is 63.5 Å². The van der Waals surface area contributed by atoms with E-state index in [9.17, 15) is 4.79 Å². The van der Waals surface area contributed by atoms with Gasteiger partial charge in [0.1, 0.15) is 0 Å². The van der Waals surface area contributed by atoms with E-state index in [1.807, 2.05) is 30.1 Å². The van der Waals surface area contributed by atoms with Crippen LogP contribution in [0.2, 0.25) is 0 Å². The highest BCUT2D eigenvalue weighted by atomic mass is 16.2. The summed E-state index contributed by atoms with van der Waals surface area (Å²) >= 11 is 0. The molecule has 0 spiro atoms. The van der Waals surface area contributed by atoms with Gasteiger partial charge in [-0.25, -0.2) is 9.78 Å². The van der Waals surface area contributed by atoms with Crippen LogP contribution in [0.1, 0.15) is 12.5 Å². The molecule has 5 rings (SSSR count). The predicted octanol–water partition coefficient (Wildman–Crippen LogP) is 2.09. The van der Waals surface area contributed by atoms with Crippen molar-refractivity contribution in [2.45, 2.75) is 12.5 Å². The molecule has 0 N–H and O–H groups in total. The minimum atomic E-state index is 0.0438. The number of carbonyl (C=O) groups is 1. The minimum Gasteiger partial charge on any atom is -0.340 e. The summed E-state index contributed by atoms with van der Waals surface area (Å²) in [5.41, 5.74) is 3.05. The molecule has 140 valence electrons. The van der Waals surface area contributed by atoms with E-state index in [1.54, 1.807) is 16.0 Å². The predicted molar refractivity (Wildman–Crippen MR) is 104 cm³/mol. The number of aromatic nitrogens is 4. The van der Waals surface area contributed by atoms with Crippen molar-refractivity contribution in [2.75, 3.05) is 43.0 Å². The van der Waals surface area contributed by atoms with Crippen LogP contribution in [0.5, 0.6) is 0 Å². The molecule has 2 amide bonds. The molecule has 8 heteroatoms. The van der Waals surface area contributed by atoms with Gasteiger partial charge in [-0.15, -0.1) is 0 Å². The lowest BCUT2D eigenvalue weighted by Gasteiger charge is -2.18. The van der Waals surface area contributed by atoms with E-state index >= 15 is 0 Å². The van der Waals surface area contributed by atoms with Crippen LogP contribution < -0.4 is 9.80 Å². The molecule has 2 saturated heterocycles. The summed E-state index contributed by atoms with van der Waals surface area (Å²) in [6.45, 7) is 3.29. The highest BCUT2D eigenvalue weighted by Gasteiger charge is 2.30. The first kappa shape index (κ1) is 16.2. The second-order valence-corrected chi connectivity index (χ2v) is 7.38. The molecule has 2 aliphatic rings. The molecule has 27 heavy (non-hydrogen) atoms. The number of para-hydroxylation sites is 2. The molecule has 1 atom stereocenters. The number of fused-ring (bicyclic) bond motifs is 1. The average Bonchev–Trinajstić information content (AvgIpc) is 3.44. The highest BCUT2D eigenvalue weighted by Crippen LogP contribution is 2.29. The van der Waals surface area contributed by atoms with Gasteiger partial charge in [0.2, 0.25) is 5.95 Å². The number of nitrogens with zero attached hydrogens (tertiary/aromatic N) is 7. The Hall–Kier alpha value is -3.03. The summed E-state index contributed by atoms with van der Waals surface area (Å²) in [6, 6.07) is 8.55. The van der Waals surface area contributed by atoms with Gasteiger partial charge in [0.15, 0.2) is 0 Å². The van der Waals surface area contributed by atoms with E-state index in [2.05, 4.69) is 33.7 Å². The molecule has 0 aliphatic carbocycles. The number of rotatable bonds is 3. The molecule has 3 aromatic rings. The number of hydrogen-bond acceptors (Lipinski definition) is 4. The zero-order valence-corrected chi connectivity index (χ0v) is 15.6. The molecule has 0 saturated carbocycles. The quantitative estimate of drug-likeness (QED) is 0.713. The van der Waals surface area contributed by atoms with Crippen molar-refractivity contribution in [2.24, 2.45) is 7.05 Å². The van der Waals surface area contributed by atoms with Gasteiger partial charge in [0.05, 0.1) is 29.0 Å². The summed E-state index contributed by atoms with van der Waals surface area (Å²) in [7, 11) is 3.90. The maximum Gasteiger partial charge on any atom is 0.324 e. The van der Waals surface area contributed by atoms with Crippen LogP contribution in [0, 0.1) is 0 Å². The fourth-order valence-electron chi connectivity index (χ4n) is 4.11. The number of aryl methyl sites for hydroxylation is 1. The number of carbonyl (C=O) groups excluding carboxylic acids is 1. The number of imidazole rings is 1. The van der Waals surface area contributed by atoms with E-state index in [0.717, 1.165) is 55.3 Å². The molecule has 0 bridgehead atoms. The monoisotopic (exact) mass is 365 g/mol.